The predicted octanol–water partition coefficient (Wildman–Crippen LogP) is 5.87. The highest BCUT2D eigenvalue weighted by Crippen LogP contribution is 2.27. The highest BCUT2D eigenvalue weighted by molar-refractivity contribution is 7.92. The van der Waals surface area contributed by atoms with Gasteiger partial charge in [-0.25, -0.2) is 8.42 Å². The number of nitrogens with one attached hydrogen (secondary N) is 1. The molecule has 0 saturated carbocycles. The second-order valence-electron chi connectivity index (χ2n) is 10.9. The van der Waals surface area contributed by atoms with Gasteiger partial charge in [0.15, 0.2) is 0 Å². The maximum Gasteiger partial charge on any atom is 0.264 e. The van der Waals surface area contributed by atoms with Crippen molar-refractivity contribution in [2.24, 2.45) is 0 Å². The number of benzene rings is 3. The van der Waals surface area contributed by atoms with Crippen LogP contribution in [0.1, 0.15) is 50.8 Å². The second-order valence-corrected chi connectivity index (χ2v) is 13.2. The number of hydrogen-bond acceptors (Lipinski definition) is 4. The molecule has 0 bridgehead atoms. The van der Waals surface area contributed by atoms with E-state index < -0.39 is 34.1 Å². The fourth-order valence-electron chi connectivity index (χ4n) is 4.53. The van der Waals surface area contributed by atoms with E-state index in [-0.39, 0.29) is 17.3 Å². The first-order valence-corrected chi connectivity index (χ1v) is 15.1. The standard InChI is InChI=1S/C31H38ClN3O4S/c1-7-28(30(37)33-31(4,5)6)34(20-24-13-11-12-16-27(24)32)29(36)21-35(25-18-22(2)17-23(3)19-25)40(38,39)26-14-9-8-10-15-26/h8-19,28H,7,20-21H2,1-6H3,(H,33,37)/t28-/m0/s1. The van der Waals surface area contributed by atoms with E-state index in [1.807, 2.05) is 53.7 Å². The van der Waals surface area contributed by atoms with Crippen LogP contribution < -0.4 is 9.62 Å². The highest BCUT2D eigenvalue weighted by Gasteiger charge is 2.35. The van der Waals surface area contributed by atoms with Gasteiger partial charge in [0.2, 0.25) is 11.8 Å². The van der Waals surface area contributed by atoms with Gasteiger partial charge in [-0.2, -0.15) is 0 Å². The molecule has 0 unspecified atom stereocenters. The summed E-state index contributed by atoms with van der Waals surface area (Å²) in [6.07, 6.45) is 0.326. The molecule has 2 amide bonds. The quantitative estimate of drug-likeness (QED) is 0.323. The number of halogens is 1. The molecule has 0 fully saturated rings. The fourth-order valence-corrected chi connectivity index (χ4v) is 6.14. The van der Waals surface area contributed by atoms with E-state index in [2.05, 4.69) is 5.32 Å². The minimum Gasteiger partial charge on any atom is -0.350 e. The molecule has 0 aliphatic rings. The molecule has 3 rings (SSSR count). The van der Waals surface area contributed by atoms with E-state index in [1.54, 1.807) is 48.5 Å². The molecule has 0 aliphatic heterocycles. The highest BCUT2D eigenvalue weighted by atomic mass is 35.5. The van der Waals surface area contributed by atoms with Gasteiger partial charge in [0, 0.05) is 17.1 Å². The van der Waals surface area contributed by atoms with Crippen LogP contribution in [0.5, 0.6) is 0 Å². The van der Waals surface area contributed by atoms with Crippen molar-refractivity contribution in [3.8, 4) is 0 Å². The third-order valence-electron chi connectivity index (χ3n) is 6.29. The lowest BCUT2D eigenvalue weighted by atomic mass is 10.1. The summed E-state index contributed by atoms with van der Waals surface area (Å²) in [5.74, 6) is -0.839. The van der Waals surface area contributed by atoms with Gasteiger partial charge in [0.25, 0.3) is 10.0 Å². The third-order valence-corrected chi connectivity index (χ3v) is 8.44. The van der Waals surface area contributed by atoms with Gasteiger partial charge in [-0.15, -0.1) is 0 Å². The molecular weight excluding hydrogens is 546 g/mol. The lowest BCUT2D eigenvalue weighted by Gasteiger charge is -2.35. The molecule has 214 valence electrons. The van der Waals surface area contributed by atoms with Crippen molar-refractivity contribution in [1.82, 2.24) is 10.2 Å². The van der Waals surface area contributed by atoms with Crippen molar-refractivity contribution in [1.29, 1.82) is 0 Å². The smallest absolute Gasteiger partial charge is 0.264 e. The largest absolute Gasteiger partial charge is 0.350 e. The van der Waals surface area contributed by atoms with Gasteiger partial charge < -0.3 is 10.2 Å². The molecule has 0 radical (unpaired) electrons. The van der Waals surface area contributed by atoms with Gasteiger partial charge >= 0.3 is 0 Å². The molecule has 0 aromatic heterocycles. The van der Waals surface area contributed by atoms with Crippen molar-refractivity contribution in [2.75, 3.05) is 10.8 Å². The fraction of sp³-hybridized carbons (Fsp3) is 0.355. The van der Waals surface area contributed by atoms with E-state index in [0.717, 1.165) is 15.4 Å². The zero-order chi connectivity index (χ0) is 29.7. The van der Waals surface area contributed by atoms with Crippen LogP contribution in [-0.2, 0) is 26.2 Å². The average Bonchev–Trinajstić information content (AvgIpc) is 2.87. The van der Waals surface area contributed by atoms with Crippen molar-refractivity contribution in [2.45, 2.75) is 71.0 Å². The molecule has 3 aromatic rings. The first-order chi connectivity index (χ1) is 18.7. The molecule has 3 aromatic carbocycles. The summed E-state index contributed by atoms with van der Waals surface area (Å²) >= 11 is 6.45. The number of sulfonamides is 1. The number of rotatable bonds is 10. The Labute approximate surface area is 243 Å². The van der Waals surface area contributed by atoms with Crippen LogP contribution in [0.25, 0.3) is 0 Å². The van der Waals surface area contributed by atoms with Gasteiger partial charge in [0.05, 0.1) is 10.6 Å². The number of aryl methyl sites for hydroxylation is 2. The molecule has 0 saturated heterocycles. The van der Waals surface area contributed by atoms with Crippen LogP contribution in [0.4, 0.5) is 5.69 Å². The van der Waals surface area contributed by atoms with Crippen LogP contribution in [0.2, 0.25) is 5.02 Å². The Bertz CT molecular complexity index is 1430. The molecule has 0 aliphatic carbocycles. The van der Waals surface area contributed by atoms with E-state index in [9.17, 15) is 18.0 Å². The summed E-state index contributed by atoms with van der Waals surface area (Å²) in [5.41, 5.74) is 2.23. The number of amides is 2. The van der Waals surface area contributed by atoms with Crippen LogP contribution in [0.15, 0.2) is 77.7 Å². The lowest BCUT2D eigenvalue weighted by molar-refractivity contribution is -0.141. The van der Waals surface area contributed by atoms with E-state index in [0.29, 0.717) is 22.7 Å². The third kappa shape index (κ3) is 7.86. The van der Waals surface area contributed by atoms with Crippen LogP contribution in [0, 0.1) is 13.8 Å². The Morgan fingerprint density at radius 2 is 1.50 bits per heavy atom. The van der Waals surface area contributed by atoms with Gasteiger partial charge in [-0.3, -0.25) is 13.9 Å². The van der Waals surface area contributed by atoms with E-state index >= 15 is 0 Å². The van der Waals surface area contributed by atoms with E-state index in [4.69, 9.17) is 11.6 Å². The van der Waals surface area contributed by atoms with Crippen molar-refractivity contribution in [3.63, 3.8) is 0 Å². The van der Waals surface area contributed by atoms with Gasteiger partial charge in [-0.1, -0.05) is 61.0 Å². The predicted molar refractivity (Wildman–Crippen MR) is 161 cm³/mol. The monoisotopic (exact) mass is 583 g/mol. The summed E-state index contributed by atoms with van der Waals surface area (Å²) in [6, 6.07) is 19.7. The molecule has 0 spiro atoms. The summed E-state index contributed by atoms with van der Waals surface area (Å²) < 4.78 is 29.0. The maximum atomic E-state index is 14.2. The van der Waals surface area contributed by atoms with Gasteiger partial charge in [-0.05, 0) is 88.1 Å². The number of carbonyl (C=O) groups excluding carboxylic acids is 2. The molecule has 1 atom stereocenters. The maximum absolute atomic E-state index is 14.2. The second kappa shape index (κ2) is 12.9. The van der Waals surface area contributed by atoms with Crippen LogP contribution in [-0.4, -0.2) is 43.3 Å². The normalized spacial score (nSPS) is 12.5. The van der Waals surface area contributed by atoms with Crippen LogP contribution >= 0.6 is 11.6 Å². The Kier molecular flexibility index (Phi) is 10.0. The Hall–Kier alpha value is -3.36. The lowest BCUT2D eigenvalue weighted by Crippen LogP contribution is -2.55. The molecule has 9 heteroatoms. The Balaban J connectivity index is 2.11. The Morgan fingerprint density at radius 3 is 2.05 bits per heavy atom. The van der Waals surface area contributed by atoms with Crippen molar-refractivity contribution < 1.29 is 18.0 Å². The zero-order valence-electron chi connectivity index (χ0n) is 23.9. The minimum atomic E-state index is -4.12. The van der Waals surface area contributed by atoms with Crippen molar-refractivity contribution >= 4 is 39.1 Å². The molecule has 7 nitrogen and oxygen atoms in total. The first kappa shape index (κ1) is 31.2. The number of carbonyl (C=O) groups is 2. The van der Waals surface area contributed by atoms with Gasteiger partial charge in [0.1, 0.15) is 12.6 Å². The first-order valence-electron chi connectivity index (χ1n) is 13.2. The minimum absolute atomic E-state index is 0.0423. The zero-order valence-corrected chi connectivity index (χ0v) is 25.5. The molecule has 40 heavy (non-hydrogen) atoms. The Morgan fingerprint density at radius 1 is 0.925 bits per heavy atom. The number of hydrogen-bond donors (Lipinski definition) is 1. The summed E-state index contributed by atoms with van der Waals surface area (Å²) in [4.78, 5) is 29.1. The SMILES string of the molecule is CC[C@@H](C(=O)NC(C)(C)C)N(Cc1ccccc1Cl)C(=O)CN(c1cc(C)cc(C)c1)S(=O)(=O)c1ccccc1. The van der Waals surface area contributed by atoms with Crippen LogP contribution in [0.3, 0.4) is 0 Å². The molecule has 0 heterocycles. The molecule has 1 N–H and O–H groups in total. The van der Waals surface area contributed by atoms with E-state index in [1.165, 1.54) is 17.0 Å². The number of nitrogens with zero attached hydrogens (tertiary/aromatic N) is 2. The molecular formula is C31H38ClN3O4S. The summed E-state index contributed by atoms with van der Waals surface area (Å²) in [6.45, 7) is 10.7. The number of anilines is 1. The average molecular weight is 584 g/mol. The van der Waals surface area contributed by atoms with Crippen molar-refractivity contribution in [3.05, 3.63) is 94.5 Å². The summed E-state index contributed by atoms with van der Waals surface area (Å²) in [7, 11) is -4.12. The topological polar surface area (TPSA) is 86.8 Å². The summed E-state index contributed by atoms with van der Waals surface area (Å²) in [5, 5.41) is 3.42.